The SMILES string of the molecule is Cn1c(=O)c2c(c3ccccc31)OC(=O)C[C@H]2c1ccc2c(c1)OCO2. The smallest absolute Gasteiger partial charge is 0.312 e. The minimum absolute atomic E-state index is 0.111. The molecule has 0 saturated heterocycles. The third-order valence-electron chi connectivity index (χ3n) is 5.02. The van der Waals surface area contributed by atoms with Crippen LogP contribution in [0.5, 0.6) is 17.2 Å². The summed E-state index contributed by atoms with van der Waals surface area (Å²) in [5, 5.41) is 0.753. The molecule has 0 unspecified atom stereocenters. The third-order valence-corrected chi connectivity index (χ3v) is 5.02. The van der Waals surface area contributed by atoms with Gasteiger partial charge in [0.05, 0.1) is 17.5 Å². The summed E-state index contributed by atoms with van der Waals surface area (Å²) in [6, 6.07) is 12.9. The monoisotopic (exact) mass is 349 g/mol. The first-order chi connectivity index (χ1) is 12.6. The number of para-hydroxylation sites is 1. The highest BCUT2D eigenvalue weighted by atomic mass is 16.7. The lowest BCUT2D eigenvalue weighted by Gasteiger charge is -2.26. The Hall–Kier alpha value is -3.28. The second kappa shape index (κ2) is 5.36. The number of pyridine rings is 1. The maximum absolute atomic E-state index is 13.1. The maximum atomic E-state index is 13.1. The predicted octanol–water partition coefficient (Wildman–Crippen LogP) is 2.71. The molecule has 0 fully saturated rings. The molecule has 1 atom stereocenters. The van der Waals surface area contributed by atoms with Crippen molar-refractivity contribution in [3.05, 3.63) is 63.9 Å². The van der Waals surface area contributed by atoms with E-state index in [1.807, 2.05) is 42.5 Å². The fourth-order valence-electron chi connectivity index (χ4n) is 3.75. The number of nitrogens with zero attached hydrogens (tertiary/aromatic N) is 1. The zero-order chi connectivity index (χ0) is 17.8. The molecule has 2 aliphatic heterocycles. The molecule has 130 valence electrons. The van der Waals surface area contributed by atoms with Crippen molar-refractivity contribution >= 4 is 16.9 Å². The summed E-state index contributed by atoms with van der Waals surface area (Å²) >= 11 is 0. The largest absolute Gasteiger partial charge is 0.454 e. The van der Waals surface area contributed by atoms with Crippen LogP contribution in [-0.2, 0) is 11.8 Å². The van der Waals surface area contributed by atoms with E-state index in [2.05, 4.69) is 0 Å². The molecule has 3 heterocycles. The summed E-state index contributed by atoms with van der Waals surface area (Å²) in [5.41, 5.74) is 1.91. The Bertz CT molecular complexity index is 1130. The first kappa shape index (κ1) is 15.0. The number of rotatable bonds is 1. The molecule has 26 heavy (non-hydrogen) atoms. The number of esters is 1. The summed E-state index contributed by atoms with van der Waals surface area (Å²) < 4.78 is 17.9. The van der Waals surface area contributed by atoms with Gasteiger partial charge in [0, 0.05) is 18.4 Å². The topological polar surface area (TPSA) is 66.8 Å². The van der Waals surface area contributed by atoms with Gasteiger partial charge in [-0.1, -0.05) is 18.2 Å². The number of aromatic nitrogens is 1. The van der Waals surface area contributed by atoms with Crippen molar-refractivity contribution in [1.29, 1.82) is 0 Å². The molecule has 0 N–H and O–H groups in total. The van der Waals surface area contributed by atoms with Crippen LogP contribution >= 0.6 is 0 Å². The Morgan fingerprint density at radius 3 is 2.73 bits per heavy atom. The van der Waals surface area contributed by atoms with Gasteiger partial charge in [-0.15, -0.1) is 0 Å². The normalized spacial score (nSPS) is 17.9. The molecule has 6 nitrogen and oxygen atoms in total. The molecule has 5 rings (SSSR count). The van der Waals surface area contributed by atoms with Gasteiger partial charge in [-0.05, 0) is 29.8 Å². The molecule has 2 aromatic carbocycles. The number of ether oxygens (including phenoxy) is 3. The van der Waals surface area contributed by atoms with E-state index in [0.717, 1.165) is 16.5 Å². The van der Waals surface area contributed by atoms with Crippen LogP contribution in [0.15, 0.2) is 47.3 Å². The minimum atomic E-state index is -0.385. The molecule has 0 radical (unpaired) electrons. The van der Waals surface area contributed by atoms with Gasteiger partial charge in [-0.25, -0.2) is 0 Å². The van der Waals surface area contributed by atoms with E-state index in [4.69, 9.17) is 14.2 Å². The minimum Gasteiger partial charge on any atom is -0.454 e. The van der Waals surface area contributed by atoms with Crippen molar-refractivity contribution < 1.29 is 19.0 Å². The molecule has 0 bridgehead atoms. The highest BCUT2D eigenvalue weighted by Gasteiger charge is 2.34. The highest BCUT2D eigenvalue weighted by molar-refractivity contribution is 5.91. The lowest BCUT2D eigenvalue weighted by Crippen LogP contribution is -2.31. The van der Waals surface area contributed by atoms with Crippen molar-refractivity contribution in [3.63, 3.8) is 0 Å². The van der Waals surface area contributed by atoms with Crippen LogP contribution in [0, 0.1) is 0 Å². The number of hydrogen-bond donors (Lipinski definition) is 0. The first-order valence-corrected chi connectivity index (χ1v) is 8.35. The van der Waals surface area contributed by atoms with E-state index >= 15 is 0 Å². The Labute approximate surface area is 148 Å². The van der Waals surface area contributed by atoms with Crippen molar-refractivity contribution in [2.45, 2.75) is 12.3 Å². The molecule has 1 aromatic heterocycles. The molecule has 2 aliphatic rings. The van der Waals surface area contributed by atoms with Crippen molar-refractivity contribution in [2.24, 2.45) is 7.05 Å². The van der Waals surface area contributed by atoms with Gasteiger partial charge in [-0.3, -0.25) is 9.59 Å². The molecule has 0 spiro atoms. The zero-order valence-electron chi connectivity index (χ0n) is 14.0. The Morgan fingerprint density at radius 1 is 1.04 bits per heavy atom. The van der Waals surface area contributed by atoms with Crippen LogP contribution in [0.1, 0.15) is 23.5 Å². The van der Waals surface area contributed by atoms with E-state index in [1.165, 1.54) is 0 Å². The van der Waals surface area contributed by atoms with E-state index < -0.39 is 0 Å². The number of fused-ring (bicyclic) bond motifs is 4. The average Bonchev–Trinajstić information content (AvgIpc) is 3.13. The Balaban J connectivity index is 1.78. The van der Waals surface area contributed by atoms with Gasteiger partial charge >= 0.3 is 5.97 Å². The predicted molar refractivity (Wildman–Crippen MR) is 93.8 cm³/mol. The summed E-state index contributed by atoms with van der Waals surface area (Å²) in [7, 11) is 1.73. The summed E-state index contributed by atoms with van der Waals surface area (Å²) in [6.07, 6.45) is 0.111. The van der Waals surface area contributed by atoms with Crippen LogP contribution in [0.25, 0.3) is 10.9 Å². The Morgan fingerprint density at radius 2 is 1.85 bits per heavy atom. The number of carbonyl (C=O) groups excluding carboxylic acids is 1. The number of carbonyl (C=O) groups is 1. The number of hydrogen-bond acceptors (Lipinski definition) is 5. The van der Waals surface area contributed by atoms with Crippen LogP contribution in [-0.4, -0.2) is 17.3 Å². The van der Waals surface area contributed by atoms with E-state index in [9.17, 15) is 9.59 Å². The second-order valence-electron chi connectivity index (χ2n) is 6.47. The lowest BCUT2D eigenvalue weighted by molar-refractivity contribution is -0.135. The van der Waals surface area contributed by atoms with Gasteiger partial charge in [0.2, 0.25) is 6.79 Å². The maximum Gasteiger partial charge on any atom is 0.312 e. The molecule has 0 saturated carbocycles. The van der Waals surface area contributed by atoms with E-state index in [-0.39, 0.29) is 30.7 Å². The molecular formula is C20H15NO5. The lowest BCUT2D eigenvalue weighted by atomic mass is 9.86. The number of benzene rings is 2. The van der Waals surface area contributed by atoms with E-state index in [1.54, 1.807) is 11.6 Å². The van der Waals surface area contributed by atoms with Crippen LogP contribution in [0.4, 0.5) is 0 Å². The molecular weight excluding hydrogens is 334 g/mol. The second-order valence-corrected chi connectivity index (χ2v) is 6.47. The zero-order valence-corrected chi connectivity index (χ0v) is 14.0. The molecule has 6 heteroatoms. The fourth-order valence-corrected chi connectivity index (χ4v) is 3.75. The fraction of sp³-hybridized carbons (Fsp3) is 0.200. The molecule has 0 aliphatic carbocycles. The first-order valence-electron chi connectivity index (χ1n) is 8.35. The highest BCUT2D eigenvalue weighted by Crippen LogP contribution is 2.43. The third kappa shape index (κ3) is 2.05. The Kier molecular flexibility index (Phi) is 3.09. The average molecular weight is 349 g/mol. The standard InChI is InChI=1S/C20H15NO5/c1-21-14-5-3-2-4-12(14)19-18(20(21)23)13(9-17(22)26-19)11-6-7-15-16(8-11)25-10-24-15/h2-8,13H,9-10H2,1H3/t13-/m0/s1. The van der Waals surface area contributed by atoms with Crippen LogP contribution < -0.4 is 19.8 Å². The summed E-state index contributed by atoms with van der Waals surface area (Å²) in [4.78, 5) is 25.4. The molecule has 0 amide bonds. The van der Waals surface area contributed by atoms with Gasteiger partial charge in [-0.2, -0.15) is 0 Å². The van der Waals surface area contributed by atoms with Gasteiger partial charge in [0.1, 0.15) is 5.75 Å². The van der Waals surface area contributed by atoms with Gasteiger partial charge in [0.15, 0.2) is 11.5 Å². The van der Waals surface area contributed by atoms with Crippen LogP contribution in [0.3, 0.4) is 0 Å². The summed E-state index contributed by atoms with van der Waals surface area (Å²) in [5.74, 6) is 0.921. The van der Waals surface area contributed by atoms with Gasteiger partial charge in [0.25, 0.3) is 5.56 Å². The van der Waals surface area contributed by atoms with Crippen LogP contribution in [0.2, 0.25) is 0 Å². The van der Waals surface area contributed by atoms with Crippen molar-refractivity contribution in [1.82, 2.24) is 4.57 Å². The quantitative estimate of drug-likeness (QED) is 0.632. The molecule has 3 aromatic rings. The van der Waals surface area contributed by atoms with Gasteiger partial charge < -0.3 is 18.8 Å². The van der Waals surface area contributed by atoms with Crippen molar-refractivity contribution in [3.8, 4) is 17.2 Å². The van der Waals surface area contributed by atoms with Crippen molar-refractivity contribution in [2.75, 3.05) is 6.79 Å². The number of aryl methyl sites for hydroxylation is 1. The summed E-state index contributed by atoms with van der Waals surface area (Å²) in [6.45, 7) is 0.175. The van der Waals surface area contributed by atoms with E-state index in [0.29, 0.717) is 22.8 Å².